The summed E-state index contributed by atoms with van der Waals surface area (Å²) in [6.45, 7) is 8.13. The van der Waals surface area contributed by atoms with Gasteiger partial charge in [0.05, 0.1) is 9.79 Å². The van der Waals surface area contributed by atoms with Gasteiger partial charge in [-0.25, -0.2) is 8.42 Å². The second-order valence-corrected chi connectivity index (χ2v) is 12.2. The van der Waals surface area contributed by atoms with Gasteiger partial charge >= 0.3 is 0 Å². The monoisotopic (exact) mass is 526 g/mol. The van der Waals surface area contributed by atoms with Gasteiger partial charge in [0.1, 0.15) is 0 Å². The Kier molecular flexibility index (Phi) is 6.12. The smallest absolute Gasteiger partial charge is 0.207 e. The van der Waals surface area contributed by atoms with E-state index in [9.17, 15) is 8.42 Å². The van der Waals surface area contributed by atoms with E-state index in [2.05, 4.69) is 36.4 Å². The largest absolute Gasteiger partial charge is 0.218 e. The highest BCUT2D eigenvalue weighted by atomic mass is 32.2. The molecule has 0 N–H and O–H groups in total. The lowest BCUT2D eigenvalue weighted by Crippen LogP contribution is -2.09. The first-order valence-corrected chi connectivity index (χ1v) is 14.7. The Morgan fingerprint density at radius 3 is 1.26 bits per heavy atom. The summed E-state index contributed by atoms with van der Waals surface area (Å²) in [5.74, 6) is 0. The van der Waals surface area contributed by atoms with Gasteiger partial charge < -0.3 is 0 Å². The maximum Gasteiger partial charge on any atom is 0.207 e. The average molecular weight is 527 g/mol. The van der Waals surface area contributed by atoms with Crippen molar-refractivity contribution >= 4 is 31.4 Å². The van der Waals surface area contributed by atoms with E-state index in [1.807, 2.05) is 88.4 Å². The minimum absolute atomic E-state index is 0.340. The maximum absolute atomic E-state index is 14.8. The average Bonchev–Trinajstić information content (AvgIpc) is 2.95. The van der Waals surface area contributed by atoms with Crippen molar-refractivity contribution in [3.05, 3.63) is 131 Å². The molecule has 0 radical (unpaired) electrons. The molecule has 6 aromatic rings. The number of benzene rings is 6. The van der Waals surface area contributed by atoms with Crippen LogP contribution in [0.1, 0.15) is 22.3 Å². The third-order valence-electron chi connectivity index (χ3n) is 8.09. The molecule has 2 nitrogen and oxygen atoms in total. The van der Waals surface area contributed by atoms with Crippen LogP contribution in [0.15, 0.2) is 119 Å². The Hall–Kier alpha value is -4.21. The van der Waals surface area contributed by atoms with E-state index in [-0.39, 0.29) is 0 Å². The number of hydrogen-bond donors (Lipinski definition) is 0. The molecule has 0 atom stereocenters. The highest BCUT2D eigenvalue weighted by Gasteiger charge is 2.29. The Labute approximate surface area is 230 Å². The zero-order valence-corrected chi connectivity index (χ0v) is 23.4. The molecule has 0 saturated heterocycles. The molecule has 0 aliphatic heterocycles. The summed E-state index contributed by atoms with van der Waals surface area (Å²) < 4.78 is 29.6. The fourth-order valence-corrected chi connectivity index (χ4v) is 7.50. The highest BCUT2D eigenvalue weighted by Crippen LogP contribution is 2.43. The van der Waals surface area contributed by atoms with Crippen LogP contribution >= 0.6 is 0 Å². The van der Waals surface area contributed by atoms with Crippen molar-refractivity contribution in [3.8, 4) is 22.3 Å². The summed E-state index contributed by atoms with van der Waals surface area (Å²) in [5, 5.41) is 4.25. The van der Waals surface area contributed by atoms with Crippen LogP contribution < -0.4 is 0 Å². The van der Waals surface area contributed by atoms with E-state index in [0.29, 0.717) is 9.79 Å². The fraction of sp³-hybridized carbons (Fsp3) is 0.111. The predicted molar refractivity (Wildman–Crippen MR) is 163 cm³/mol. The lowest BCUT2D eigenvalue weighted by molar-refractivity contribution is 0.596. The van der Waals surface area contributed by atoms with Crippen LogP contribution in [0.25, 0.3) is 43.8 Å². The van der Waals surface area contributed by atoms with Gasteiger partial charge in [-0.05, 0) is 94.8 Å². The molecule has 6 rings (SSSR count). The number of aryl methyl sites for hydroxylation is 2. The summed E-state index contributed by atoms with van der Waals surface area (Å²) in [5.41, 5.74) is 7.48. The van der Waals surface area contributed by atoms with Gasteiger partial charge in [0.15, 0.2) is 0 Å². The van der Waals surface area contributed by atoms with Crippen molar-refractivity contribution in [1.82, 2.24) is 0 Å². The summed E-state index contributed by atoms with van der Waals surface area (Å²) in [4.78, 5) is 0.679. The standard InChI is InChI=1S/C36H30O2S/c1-23-19-21-33(35(25(23)3)31-17-9-13-27-11-5-7-15-29(27)31)39(37,38)34-22-20-24(2)26(4)36(34)32-18-10-14-28-12-6-8-16-30(28)32/h5-22H,1-4H3. The minimum Gasteiger partial charge on any atom is -0.218 e. The SMILES string of the molecule is Cc1ccc(S(=O)(=O)c2ccc(C)c(C)c2-c2cccc3ccccc23)c(-c2cccc3ccccc23)c1C. The van der Waals surface area contributed by atoms with Gasteiger partial charge in [-0.1, -0.05) is 97.1 Å². The van der Waals surface area contributed by atoms with Gasteiger partial charge in [0.2, 0.25) is 9.84 Å². The molecular weight excluding hydrogens is 496 g/mol. The van der Waals surface area contributed by atoms with Crippen LogP contribution in [0, 0.1) is 27.7 Å². The zero-order chi connectivity index (χ0) is 27.3. The molecule has 0 amide bonds. The van der Waals surface area contributed by atoms with Crippen LogP contribution in [0.5, 0.6) is 0 Å². The second-order valence-electron chi connectivity index (χ2n) is 10.3. The molecule has 0 aromatic heterocycles. The summed E-state index contributed by atoms with van der Waals surface area (Å²) in [6.07, 6.45) is 0. The summed E-state index contributed by atoms with van der Waals surface area (Å²) in [7, 11) is -3.91. The van der Waals surface area contributed by atoms with E-state index in [4.69, 9.17) is 0 Å². The quantitative estimate of drug-likeness (QED) is 0.229. The van der Waals surface area contributed by atoms with Gasteiger partial charge in [-0.15, -0.1) is 0 Å². The van der Waals surface area contributed by atoms with Crippen LogP contribution in [0.4, 0.5) is 0 Å². The summed E-state index contributed by atoms with van der Waals surface area (Å²) >= 11 is 0. The topological polar surface area (TPSA) is 34.1 Å². The van der Waals surface area contributed by atoms with Gasteiger partial charge in [-0.2, -0.15) is 0 Å². The molecule has 0 aliphatic carbocycles. The zero-order valence-electron chi connectivity index (χ0n) is 22.6. The van der Waals surface area contributed by atoms with Crippen molar-refractivity contribution in [2.24, 2.45) is 0 Å². The Morgan fingerprint density at radius 2 is 0.821 bits per heavy atom. The van der Waals surface area contributed by atoms with Crippen LogP contribution in [0.3, 0.4) is 0 Å². The lowest BCUT2D eigenvalue weighted by atomic mass is 9.93. The van der Waals surface area contributed by atoms with E-state index < -0.39 is 9.84 Å². The Balaban J connectivity index is 1.69. The van der Waals surface area contributed by atoms with Crippen LogP contribution in [-0.4, -0.2) is 8.42 Å². The van der Waals surface area contributed by atoms with Crippen molar-refractivity contribution in [2.45, 2.75) is 37.5 Å². The third kappa shape index (κ3) is 4.05. The second kappa shape index (κ2) is 9.52. The number of fused-ring (bicyclic) bond motifs is 2. The fourth-order valence-electron chi connectivity index (χ4n) is 5.70. The molecule has 192 valence electrons. The normalized spacial score (nSPS) is 11.8. The van der Waals surface area contributed by atoms with Crippen LogP contribution in [-0.2, 0) is 9.84 Å². The first-order chi connectivity index (χ1) is 18.8. The molecule has 0 spiro atoms. The van der Waals surface area contributed by atoms with Crippen molar-refractivity contribution in [1.29, 1.82) is 0 Å². The molecule has 0 unspecified atom stereocenters. The first-order valence-electron chi connectivity index (χ1n) is 13.2. The molecule has 3 heteroatoms. The molecule has 0 bridgehead atoms. The van der Waals surface area contributed by atoms with Gasteiger partial charge in [-0.3, -0.25) is 0 Å². The van der Waals surface area contributed by atoms with E-state index in [0.717, 1.165) is 66.1 Å². The van der Waals surface area contributed by atoms with E-state index in [1.165, 1.54) is 0 Å². The molecule has 0 fully saturated rings. The molecule has 0 heterocycles. The summed E-state index contributed by atoms with van der Waals surface area (Å²) in [6, 6.07) is 36.0. The predicted octanol–water partition coefficient (Wildman–Crippen LogP) is 9.39. The number of hydrogen-bond acceptors (Lipinski definition) is 2. The molecule has 6 aromatic carbocycles. The Bertz CT molecular complexity index is 1870. The first kappa shape index (κ1) is 25.1. The third-order valence-corrected chi connectivity index (χ3v) is 9.93. The number of sulfone groups is 1. The maximum atomic E-state index is 14.8. The van der Waals surface area contributed by atoms with Crippen molar-refractivity contribution < 1.29 is 8.42 Å². The highest BCUT2D eigenvalue weighted by molar-refractivity contribution is 7.91. The van der Waals surface area contributed by atoms with Gasteiger partial charge in [0.25, 0.3) is 0 Å². The van der Waals surface area contributed by atoms with Crippen molar-refractivity contribution in [2.75, 3.05) is 0 Å². The minimum atomic E-state index is -3.91. The van der Waals surface area contributed by atoms with E-state index >= 15 is 0 Å². The molecule has 0 aliphatic rings. The lowest BCUT2D eigenvalue weighted by Gasteiger charge is -2.21. The van der Waals surface area contributed by atoms with Crippen molar-refractivity contribution in [3.63, 3.8) is 0 Å². The van der Waals surface area contributed by atoms with Crippen LogP contribution in [0.2, 0.25) is 0 Å². The molecule has 39 heavy (non-hydrogen) atoms. The van der Waals surface area contributed by atoms with E-state index in [1.54, 1.807) is 12.1 Å². The molecule has 0 saturated carbocycles. The molecular formula is C36H30O2S. The van der Waals surface area contributed by atoms with Gasteiger partial charge in [0, 0.05) is 11.1 Å². The Morgan fingerprint density at radius 1 is 0.436 bits per heavy atom. The number of rotatable bonds is 4.